The summed E-state index contributed by atoms with van der Waals surface area (Å²) >= 11 is 6.44. The Morgan fingerprint density at radius 3 is 2.40 bits per heavy atom. The lowest BCUT2D eigenvalue weighted by atomic mass is 9.87. The Morgan fingerprint density at radius 1 is 1.07 bits per heavy atom. The van der Waals surface area contributed by atoms with Gasteiger partial charge in [-0.1, -0.05) is 35.9 Å². The van der Waals surface area contributed by atoms with Crippen LogP contribution in [0.15, 0.2) is 66.9 Å². The molecule has 2 heterocycles. The van der Waals surface area contributed by atoms with E-state index in [1.165, 1.54) is 30.3 Å². The number of hydrogen-bond acceptors (Lipinski definition) is 4. The minimum Gasteiger partial charge on any atom is -0.351 e. The van der Waals surface area contributed by atoms with Crippen molar-refractivity contribution in [2.24, 2.45) is 0 Å². The van der Waals surface area contributed by atoms with E-state index in [9.17, 15) is 40.7 Å². The zero-order valence-electron chi connectivity index (χ0n) is 22.1. The number of hydrogen-bond donors (Lipinski definition) is 1. The predicted octanol–water partition coefficient (Wildman–Crippen LogP) is 6.08. The highest BCUT2D eigenvalue weighted by Gasteiger charge is 2.48. The molecule has 2 aromatic carbocycles. The van der Waals surface area contributed by atoms with Crippen molar-refractivity contribution in [2.75, 3.05) is 9.80 Å². The monoisotopic (exact) mass is 624 g/mol. The summed E-state index contributed by atoms with van der Waals surface area (Å²) in [6.45, 7) is 0. The van der Waals surface area contributed by atoms with Crippen molar-refractivity contribution < 1.29 is 40.7 Å². The number of nitrogens with zero attached hydrogens (tertiary/aromatic N) is 3. The second-order valence-electron chi connectivity index (χ2n) is 10.3. The molecule has 1 N–H and O–H groups in total. The first-order chi connectivity index (χ1) is 20.2. The molecule has 1 saturated carbocycles. The summed E-state index contributed by atoms with van der Waals surface area (Å²) in [6.07, 6.45) is -5.67. The fourth-order valence-electron chi connectivity index (χ4n) is 5.23. The Morgan fingerprint density at radius 2 is 1.79 bits per heavy atom. The van der Waals surface area contributed by atoms with E-state index in [1.54, 1.807) is 6.07 Å². The van der Waals surface area contributed by atoms with Gasteiger partial charge in [-0.3, -0.25) is 24.2 Å². The van der Waals surface area contributed by atoms with Crippen LogP contribution < -0.4 is 15.1 Å². The van der Waals surface area contributed by atoms with E-state index in [-0.39, 0.29) is 34.9 Å². The molecule has 5 rings (SSSR count). The van der Waals surface area contributed by atoms with Crippen LogP contribution in [-0.2, 0) is 20.6 Å². The van der Waals surface area contributed by atoms with Gasteiger partial charge < -0.3 is 5.32 Å². The number of carbonyl (C=O) groups is 3. The van der Waals surface area contributed by atoms with Crippen LogP contribution in [0, 0.1) is 5.82 Å². The average molecular weight is 625 g/mol. The Kier molecular flexibility index (Phi) is 8.12. The third-order valence-electron chi connectivity index (χ3n) is 7.29. The normalized spacial score (nSPS) is 19.1. The van der Waals surface area contributed by atoms with Crippen LogP contribution in [0.1, 0.15) is 42.9 Å². The van der Waals surface area contributed by atoms with Gasteiger partial charge in [-0.25, -0.2) is 18.2 Å². The van der Waals surface area contributed by atoms with Crippen molar-refractivity contribution in [3.63, 3.8) is 0 Å². The van der Waals surface area contributed by atoms with E-state index in [0.29, 0.717) is 12.3 Å². The first kappa shape index (κ1) is 30.3. The summed E-state index contributed by atoms with van der Waals surface area (Å²) in [5, 5.41) is 2.56. The van der Waals surface area contributed by atoms with E-state index >= 15 is 0 Å². The topological polar surface area (TPSA) is 82.6 Å². The molecule has 2 unspecified atom stereocenters. The van der Waals surface area contributed by atoms with E-state index in [0.717, 1.165) is 28.0 Å². The molecule has 2 atom stereocenters. The van der Waals surface area contributed by atoms with Crippen LogP contribution in [0.4, 0.5) is 37.8 Å². The zero-order valence-corrected chi connectivity index (χ0v) is 22.9. The number of pyridine rings is 1. The van der Waals surface area contributed by atoms with Gasteiger partial charge in [-0.15, -0.1) is 0 Å². The average Bonchev–Trinajstić information content (AvgIpc) is 3.31. The number of halogens is 7. The Bertz CT molecular complexity index is 1540. The summed E-state index contributed by atoms with van der Waals surface area (Å²) in [5.41, 5.74) is -1.08. The van der Waals surface area contributed by atoms with Crippen molar-refractivity contribution in [3.8, 4) is 0 Å². The minimum absolute atomic E-state index is 0.0413. The van der Waals surface area contributed by atoms with Gasteiger partial charge in [-0.2, -0.15) is 13.2 Å². The molecule has 3 amide bonds. The quantitative estimate of drug-likeness (QED) is 0.323. The fourth-order valence-corrected chi connectivity index (χ4v) is 5.47. The van der Waals surface area contributed by atoms with Crippen LogP contribution in [0.3, 0.4) is 0 Å². The Balaban J connectivity index is 1.58. The number of aromatic nitrogens is 1. The molecule has 1 aliphatic carbocycles. The van der Waals surface area contributed by atoms with Gasteiger partial charge in [0, 0.05) is 47.8 Å². The number of nitrogens with one attached hydrogen (secondary N) is 1. The van der Waals surface area contributed by atoms with Gasteiger partial charge in [0.15, 0.2) is 0 Å². The third-order valence-corrected chi connectivity index (χ3v) is 7.63. The molecule has 0 bridgehead atoms. The van der Waals surface area contributed by atoms with Gasteiger partial charge in [-0.05, 0) is 42.8 Å². The van der Waals surface area contributed by atoms with Crippen LogP contribution in [-0.4, -0.2) is 40.7 Å². The lowest BCUT2D eigenvalue weighted by Crippen LogP contribution is -2.56. The summed E-state index contributed by atoms with van der Waals surface area (Å²) in [7, 11) is 0. The van der Waals surface area contributed by atoms with Crippen molar-refractivity contribution in [2.45, 2.75) is 55.9 Å². The maximum atomic E-state index is 14.5. The second-order valence-corrected chi connectivity index (χ2v) is 10.7. The van der Waals surface area contributed by atoms with E-state index in [2.05, 4.69) is 10.3 Å². The lowest BCUT2D eigenvalue weighted by molar-refractivity contribution is -0.138. The van der Waals surface area contributed by atoms with E-state index in [4.69, 9.17) is 11.6 Å². The summed E-state index contributed by atoms with van der Waals surface area (Å²) in [5.74, 6) is -6.35. The van der Waals surface area contributed by atoms with Crippen molar-refractivity contribution in [3.05, 3.63) is 88.8 Å². The first-order valence-corrected chi connectivity index (χ1v) is 13.5. The number of benzene rings is 2. The molecule has 7 nitrogen and oxygen atoms in total. The predicted molar refractivity (Wildman–Crippen MR) is 144 cm³/mol. The number of amides is 3. The summed E-state index contributed by atoms with van der Waals surface area (Å²) < 4.78 is 81.0. The standard InChI is InChI=1S/C29H23ClF6N4O3/c30-21-7-2-1-6-20(21)25(26(42)38-18-13-28(32,33)14-18)39(19-5-3-4-17(31)12-19)27(43)22-9-11-24(41)40(22)23-10-8-16(15-37-23)29(34,35)36/h1-8,10,12,15,18,22,25H,9,11,13-14H2,(H,38,42). The molecule has 0 radical (unpaired) electrons. The third kappa shape index (κ3) is 6.31. The Hall–Kier alpha value is -4.13. The molecule has 226 valence electrons. The second kappa shape index (κ2) is 11.5. The van der Waals surface area contributed by atoms with Gasteiger partial charge in [0.05, 0.1) is 5.56 Å². The SMILES string of the molecule is O=C(NC1CC(F)(F)C1)C(c1ccccc1Cl)N(C(=O)C1CCC(=O)N1c1ccc(C(F)(F)F)cn1)c1cccc(F)c1. The molecule has 1 aromatic heterocycles. The van der Waals surface area contributed by atoms with Gasteiger partial charge >= 0.3 is 6.18 Å². The summed E-state index contributed by atoms with van der Waals surface area (Å²) in [4.78, 5) is 46.7. The highest BCUT2D eigenvalue weighted by atomic mass is 35.5. The molecule has 1 saturated heterocycles. The van der Waals surface area contributed by atoms with Gasteiger partial charge in [0.25, 0.3) is 11.8 Å². The van der Waals surface area contributed by atoms with Crippen LogP contribution in [0.5, 0.6) is 0 Å². The molecule has 2 fully saturated rings. The maximum absolute atomic E-state index is 14.5. The molecule has 3 aromatic rings. The number of rotatable bonds is 7. The molecule has 14 heteroatoms. The Labute approximate surface area is 246 Å². The van der Waals surface area contributed by atoms with Crippen molar-refractivity contribution in [1.82, 2.24) is 10.3 Å². The molecule has 0 spiro atoms. The van der Waals surface area contributed by atoms with E-state index in [1.807, 2.05) is 0 Å². The first-order valence-electron chi connectivity index (χ1n) is 13.1. The number of anilines is 2. The molecular formula is C29H23ClF6N4O3. The molecule has 1 aliphatic heterocycles. The molecule has 43 heavy (non-hydrogen) atoms. The van der Waals surface area contributed by atoms with Gasteiger partial charge in [0.1, 0.15) is 23.7 Å². The highest BCUT2D eigenvalue weighted by Crippen LogP contribution is 2.40. The molecular weight excluding hydrogens is 602 g/mol. The van der Waals surface area contributed by atoms with Gasteiger partial charge in [0.2, 0.25) is 11.8 Å². The lowest BCUT2D eigenvalue weighted by Gasteiger charge is -2.39. The molecule has 2 aliphatic rings. The maximum Gasteiger partial charge on any atom is 0.417 e. The number of alkyl halides is 5. The van der Waals surface area contributed by atoms with Crippen molar-refractivity contribution in [1.29, 1.82) is 0 Å². The van der Waals surface area contributed by atoms with E-state index < -0.39 is 72.2 Å². The summed E-state index contributed by atoms with van der Waals surface area (Å²) in [6, 6.07) is 8.49. The van der Waals surface area contributed by atoms with Crippen LogP contribution in [0.25, 0.3) is 0 Å². The van der Waals surface area contributed by atoms with Crippen LogP contribution in [0.2, 0.25) is 5.02 Å². The minimum atomic E-state index is -4.69. The largest absolute Gasteiger partial charge is 0.417 e. The van der Waals surface area contributed by atoms with Crippen LogP contribution >= 0.6 is 11.6 Å². The van der Waals surface area contributed by atoms with Crippen molar-refractivity contribution >= 4 is 40.8 Å². The highest BCUT2D eigenvalue weighted by molar-refractivity contribution is 6.31. The fraction of sp³-hybridized carbons (Fsp3) is 0.310. The number of carbonyl (C=O) groups excluding carboxylic acids is 3. The smallest absolute Gasteiger partial charge is 0.351 e. The zero-order chi connectivity index (χ0) is 31.1.